The van der Waals surface area contributed by atoms with Crippen molar-refractivity contribution in [2.24, 2.45) is 0 Å². The van der Waals surface area contributed by atoms with Crippen molar-refractivity contribution in [1.29, 1.82) is 0 Å². The first-order valence-corrected chi connectivity index (χ1v) is 7.83. The largest absolute Gasteiger partial charge is 0.364 e. The molecule has 0 unspecified atom stereocenters. The molecule has 0 aliphatic heterocycles. The topological polar surface area (TPSA) is 29.0 Å². The standard InChI is InChI=1S/C15H13ClFN3S/c1-2-20(11-5-3-10(17)4-6-11)9-13-18-14(16)12-7-8-21-15(12)19-13/h3-8H,2,9H2,1H3. The van der Waals surface area contributed by atoms with E-state index in [1.165, 1.54) is 12.1 Å². The first kappa shape index (κ1) is 14.2. The summed E-state index contributed by atoms with van der Waals surface area (Å²) in [5, 5.41) is 3.31. The molecular formula is C15H13ClFN3S. The molecule has 0 amide bonds. The molecule has 0 aliphatic rings. The second-order valence-corrected chi connectivity index (χ2v) is 5.81. The lowest BCUT2D eigenvalue weighted by molar-refractivity contribution is 0.627. The van der Waals surface area contributed by atoms with Gasteiger partial charge in [0.15, 0.2) is 5.82 Å². The molecule has 0 spiro atoms. The highest BCUT2D eigenvalue weighted by Crippen LogP contribution is 2.25. The molecule has 1 aromatic carbocycles. The number of hydrogen-bond acceptors (Lipinski definition) is 4. The minimum atomic E-state index is -0.242. The van der Waals surface area contributed by atoms with Gasteiger partial charge in [-0.1, -0.05) is 11.6 Å². The summed E-state index contributed by atoms with van der Waals surface area (Å²) in [6, 6.07) is 8.33. The zero-order chi connectivity index (χ0) is 14.8. The van der Waals surface area contributed by atoms with Gasteiger partial charge in [0.1, 0.15) is 15.8 Å². The van der Waals surface area contributed by atoms with E-state index in [9.17, 15) is 4.39 Å². The van der Waals surface area contributed by atoms with Crippen LogP contribution in [0.5, 0.6) is 0 Å². The monoisotopic (exact) mass is 321 g/mol. The highest BCUT2D eigenvalue weighted by Gasteiger charge is 2.11. The Morgan fingerprint density at radius 2 is 1.95 bits per heavy atom. The normalized spacial score (nSPS) is 11.0. The van der Waals surface area contributed by atoms with Crippen molar-refractivity contribution in [3.05, 3.63) is 52.5 Å². The van der Waals surface area contributed by atoms with Crippen LogP contribution in [0.1, 0.15) is 12.7 Å². The lowest BCUT2D eigenvalue weighted by Crippen LogP contribution is -2.23. The van der Waals surface area contributed by atoms with E-state index in [1.807, 2.05) is 18.4 Å². The van der Waals surface area contributed by atoms with Gasteiger partial charge < -0.3 is 4.90 Å². The molecule has 108 valence electrons. The predicted octanol–water partition coefficient (Wildman–Crippen LogP) is 4.51. The lowest BCUT2D eigenvalue weighted by atomic mass is 10.2. The van der Waals surface area contributed by atoms with Gasteiger partial charge in [-0.2, -0.15) is 0 Å². The predicted molar refractivity (Wildman–Crippen MR) is 85.5 cm³/mol. The van der Waals surface area contributed by atoms with Gasteiger partial charge in [-0.25, -0.2) is 14.4 Å². The third kappa shape index (κ3) is 2.99. The minimum absolute atomic E-state index is 0.242. The van der Waals surface area contributed by atoms with Gasteiger partial charge in [0.2, 0.25) is 0 Å². The van der Waals surface area contributed by atoms with Crippen LogP contribution in [-0.4, -0.2) is 16.5 Å². The fourth-order valence-electron chi connectivity index (χ4n) is 2.14. The Hall–Kier alpha value is -1.72. The molecule has 3 rings (SSSR count). The maximum Gasteiger partial charge on any atom is 0.151 e. The van der Waals surface area contributed by atoms with Crippen LogP contribution in [-0.2, 0) is 6.54 Å². The van der Waals surface area contributed by atoms with Crippen molar-refractivity contribution < 1.29 is 4.39 Å². The number of thiophene rings is 1. The van der Waals surface area contributed by atoms with Crippen molar-refractivity contribution >= 4 is 38.8 Å². The summed E-state index contributed by atoms with van der Waals surface area (Å²) >= 11 is 7.73. The van der Waals surface area contributed by atoms with Crippen molar-refractivity contribution in [3.8, 4) is 0 Å². The van der Waals surface area contributed by atoms with Gasteiger partial charge in [0.05, 0.1) is 6.54 Å². The third-order valence-electron chi connectivity index (χ3n) is 3.23. The van der Waals surface area contributed by atoms with Crippen LogP contribution in [0.15, 0.2) is 35.7 Å². The SMILES string of the molecule is CCN(Cc1nc(Cl)c2ccsc2n1)c1ccc(F)cc1. The van der Waals surface area contributed by atoms with Gasteiger partial charge in [-0.15, -0.1) is 11.3 Å². The average Bonchev–Trinajstić information content (AvgIpc) is 2.95. The highest BCUT2D eigenvalue weighted by atomic mass is 35.5. The molecule has 0 atom stereocenters. The van der Waals surface area contributed by atoms with Crippen molar-refractivity contribution in [2.45, 2.75) is 13.5 Å². The number of halogens is 2. The van der Waals surface area contributed by atoms with Gasteiger partial charge >= 0.3 is 0 Å². The van der Waals surface area contributed by atoms with Crippen molar-refractivity contribution in [2.75, 3.05) is 11.4 Å². The van der Waals surface area contributed by atoms with Crippen molar-refractivity contribution in [1.82, 2.24) is 9.97 Å². The van der Waals surface area contributed by atoms with Crippen LogP contribution in [0.2, 0.25) is 5.15 Å². The number of rotatable bonds is 4. The van der Waals surface area contributed by atoms with Crippen LogP contribution in [0.25, 0.3) is 10.2 Å². The lowest BCUT2D eigenvalue weighted by Gasteiger charge is -2.22. The Kier molecular flexibility index (Phi) is 4.03. The number of hydrogen-bond donors (Lipinski definition) is 0. The molecule has 3 aromatic rings. The van der Waals surface area contributed by atoms with E-state index in [1.54, 1.807) is 23.5 Å². The van der Waals surface area contributed by atoms with E-state index in [0.717, 1.165) is 22.4 Å². The summed E-state index contributed by atoms with van der Waals surface area (Å²) in [6.07, 6.45) is 0. The number of fused-ring (bicyclic) bond motifs is 1. The first-order valence-electron chi connectivity index (χ1n) is 6.57. The number of aromatic nitrogens is 2. The molecule has 0 bridgehead atoms. The molecule has 0 radical (unpaired) electrons. The zero-order valence-corrected chi connectivity index (χ0v) is 13.0. The van der Waals surface area contributed by atoms with Gasteiger partial charge in [-0.05, 0) is 42.6 Å². The van der Waals surface area contributed by atoms with Crippen LogP contribution in [0, 0.1) is 5.82 Å². The quantitative estimate of drug-likeness (QED) is 0.662. The number of nitrogens with zero attached hydrogens (tertiary/aromatic N) is 3. The molecule has 0 aliphatic carbocycles. The molecule has 3 nitrogen and oxygen atoms in total. The fraction of sp³-hybridized carbons (Fsp3) is 0.200. The number of benzene rings is 1. The van der Waals surface area contributed by atoms with Gasteiger partial charge in [0, 0.05) is 17.6 Å². The molecule has 2 heterocycles. The molecule has 0 N–H and O–H groups in total. The van der Waals surface area contributed by atoms with E-state index in [4.69, 9.17) is 11.6 Å². The van der Waals surface area contributed by atoms with E-state index in [0.29, 0.717) is 17.5 Å². The molecule has 0 fully saturated rings. The summed E-state index contributed by atoms with van der Waals surface area (Å²) in [4.78, 5) is 11.8. The van der Waals surface area contributed by atoms with Crippen LogP contribution in [0.4, 0.5) is 10.1 Å². The zero-order valence-electron chi connectivity index (χ0n) is 11.4. The Morgan fingerprint density at radius 3 is 2.67 bits per heavy atom. The Bertz CT molecular complexity index is 757. The van der Waals surface area contributed by atoms with Gasteiger partial charge in [-0.3, -0.25) is 0 Å². The molecule has 0 saturated carbocycles. The molecular weight excluding hydrogens is 309 g/mol. The second-order valence-electron chi connectivity index (χ2n) is 4.56. The maximum absolute atomic E-state index is 13.0. The molecule has 6 heteroatoms. The third-order valence-corrected chi connectivity index (χ3v) is 4.33. The van der Waals surface area contributed by atoms with E-state index >= 15 is 0 Å². The van der Waals surface area contributed by atoms with Crippen LogP contribution >= 0.6 is 22.9 Å². The van der Waals surface area contributed by atoms with Gasteiger partial charge in [0.25, 0.3) is 0 Å². The van der Waals surface area contributed by atoms with Crippen LogP contribution in [0.3, 0.4) is 0 Å². The molecule has 0 saturated heterocycles. The van der Waals surface area contributed by atoms with E-state index < -0.39 is 0 Å². The summed E-state index contributed by atoms with van der Waals surface area (Å²) in [5.41, 5.74) is 0.935. The number of anilines is 1. The van der Waals surface area contributed by atoms with E-state index in [2.05, 4.69) is 14.9 Å². The molecule has 2 aromatic heterocycles. The van der Waals surface area contributed by atoms with Crippen molar-refractivity contribution in [3.63, 3.8) is 0 Å². The fourth-order valence-corrected chi connectivity index (χ4v) is 3.23. The molecule has 21 heavy (non-hydrogen) atoms. The summed E-state index contributed by atoms with van der Waals surface area (Å²) in [7, 11) is 0. The smallest absolute Gasteiger partial charge is 0.151 e. The Morgan fingerprint density at radius 1 is 1.19 bits per heavy atom. The summed E-state index contributed by atoms with van der Waals surface area (Å²) in [5.74, 6) is 0.426. The Balaban J connectivity index is 1.89. The maximum atomic E-state index is 13.0. The van der Waals surface area contributed by atoms with E-state index in [-0.39, 0.29) is 5.82 Å². The minimum Gasteiger partial charge on any atom is -0.364 e. The summed E-state index contributed by atoms with van der Waals surface area (Å²) < 4.78 is 13.0. The van der Waals surface area contributed by atoms with Crippen LogP contribution < -0.4 is 4.90 Å². The Labute approximate surface area is 131 Å². The highest BCUT2D eigenvalue weighted by molar-refractivity contribution is 7.16. The first-order chi connectivity index (χ1) is 10.2. The summed E-state index contributed by atoms with van der Waals surface area (Å²) in [6.45, 7) is 3.35. The second kappa shape index (κ2) is 5.95. The average molecular weight is 322 g/mol.